The molecule has 1 unspecified atom stereocenters. The van der Waals surface area contributed by atoms with Crippen molar-refractivity contribution in [3.8, 4) is 0 Å². The first-order valence-corrected chi connectivity index (χ1v) is 5.95. The maximum absolute atomic E-state index is 10.7. The molecule has 82 valence electrons. The van der Waals surface area contributed by atoms with Gasteiger partial charge < -0.3 is 9.47 Å². The van der Waals surface area contributed by atoms with Gasteiger partial charge >= 0.3 is 11.9 Å². The van der Waals surface area contributed by atoms with E-state index in [0.717, 1.165) is 17.3 Å². The van der Waals surface area contributed by atoms with Crippen LogP contribution in [0.5, 0.6) is 0 Å². The first-order valence-electron chi connectivity index (χ1n) is 4.42. The Kier molecular flexibility index (Phi) is 7.83. The Hall–Kier alpha value is -0.330. The molecule has 0 spiro atoms. The molecule has 0 N–H and O–H groups in total. The molecule has 0 aromatic carbocycles. The standard InChI is InChI=1S/C9H15IO4/c1-7(11)13-6-9(4-3-5-10)14-8(2)12/h9H,3-6H2,1-2H3. The van der Waals surface area contributed by atoms with E-state index >= 15 is 0 Å². The van der Waals surface area contributed by atoms with Crippen LogP contribution in [0.15, 0.2) is 0 Å². The molecule has 0 aromatic heterocycles. The lowest BCUT2D eigenvalue weighted by Crippen LogP contribution is -2.23. The van der Waals surface area contributed by atoms with Crippen LogP contribution >= 0.6 is 22.6 Å². The summed E-state index contributed by atoms with van der Waals surface area (Å²) in [5.41, 5.74) is 0. The molecule has 0 aliphatic rings. The summed E-state index contributed by atoms with van der Waals surface area (Å²) < 4.78 is 10.8. The molecule has 0 aromatic rings. The Labute approximate surface area is 97.5 Å². The Morgan fingerprint density at radius 3 is 2.36 bits per heavy atom. The highest BCUT2D eigenvalue weighted by molar-refractivity contribution is 14.1. The third-order valence-corrected chi connectivity index (χ3v) is 2.23. The Morgan fingerprint density at radius 1 is 1.29 bits per heavy atom. The van der Waals surface area contributed by atoms with Crippen LogP contribution in [-0.4, -0.2) is 29.1 Å². The molecular weight excluding hydrogens is 299 g/mol. The first kappa shape index (κ1) is 13.7. The number of carbonyl (C=O) groups is 2. The fourth-order valence-corrected chi connectivity index (χ4v) is 1.37. The number of esters is 2. The summed E-state index contributed by atoms with van der Waals surface area (Å²) in [6.07, 6.45) is 1.38. The van der Waals surface area contributed by atoms with Crippen LogP contribution < -0.4 is 0 Å². The summed E-state index contributed by atoms with van der Waals surface area (Å²) in [5.74, 6) is -0.688. The second kappa shape index (κ2) is 8.02. The van der Waals surface area contributed by atoms with Gasteiger partial charge in [-0.25, -0.2) is 0 Å². The van der Waals surface area contributed by atoms with E-state index in [-0.39, 0.29) is 24.6 Å². The van der Waals surface area contributed by atoms with Crippen molar-refractivity contribution in [3.05, 3.63) is 0 Å². The summed E-state index contributed by atoms with van der Waals surface area (Å²) in [6.45, 7) is 2.85. The van der Waals surface area contributed by atoms with Gasteiger partial charge in [0.1, 0.15) is 12.7 Å². The van der Waals surface area contributed by atoms with E-state index in [0.29, 0.717) is 0 Å². The lowest BCUT2D eigenvalue weighted by molar-refractivity contribution is -0.156. The van der Waals surface area contributed by atoms with Crippen LogP contribution in [0.2, 0.25) is 0 Å². The Morgan fingerprint density at radius 2 is 1.93 bits per heavy atom. The smallest absolute Gasteiger partial charge is 0.303 e. The molecule has 0 bridgehead atoms. The van der Waals surface area contributed by atoms with E-state index in [1.165, 1.54) is 13.8 Å². The number of hydrogen-bond donors (Lipinski definition) is 0. The Balaban J connectivity index is 3.83. The number of carbonyl (C=O) groups excluding carboxylic acids is 2. The minimum atomic E-state index is -0.350. The molecule has 0 aliphatic carbocycles. The molecule has 0 amide bonds. The van der Waals surface area contributed by atoms with Crippen LogP contribution in [0, 0.1) is 0 Å². The largest absolute Gasteiger partial charge is 0.462 e. The van der Waals surface area contributed by atoms with Gasteiger partial charge in [0, 0.05) is 13.8 Å². The third kappa shape index (κ3) is 8.28. The number of halogens is 1. The van der Waals surface area contributed by atoms with Crippen molar-refractivity contribution in [2.24, 2.45) is 0 Å². The van der Waals surface area contributed by atoms with E-state index in [4.69, 9.17) is 9.47 Å². The summed E-state index contributed by atoms with van der Waals surface area (Å²) >= 11 is 2.25. The minimum absolute atomic E-state index is 0.158. The number of hydrogen-bond acceptors (Lipinski definition) is 4. The topological polar surface area (TPSA) is 52.6 Å². The molecule has 0 radical (unpaired) electrons. The van der Waals surface area contributed by atoms with E-state index in [9.17, 15) is 9.59 Å². The summed E-state index contributed by atoms with van der Waals surface area (Å²) in [4.78, 5) is 21.2. The van der Waals surface area contributed by atoms with Crippen molar-refractivity contribution in [1.82, 2.24) is 0 Å². The predicted octanol–water partition coefficient (Wildman–Crippen LogP) is 1.70. The fourth-order valence-electron chi connectivity index (χ4n) is 0.926. The highest BCUT2D eigenvalue weighted by atomic mass is 127. The van der Waals surface area contributed by atoms with Crippen LogP contribution in [-0.2, 0) is 19.1 Å². The molecule has 0 aliphatic heterocycles. The molecule has 1 atom stereocenters. The molecule has 14 heavy (non-hydrogen) atoms. The highest BCUT2D eigenvalue weighted by Crippen LogP contribution is 2.06. The van der Waals surface area contributed by atoms with Crippen LogP contribution in [0.25, 0.3) is 0 Å². The van der Waals surface area contributed by atoms with E-state index < -0.39 is 0 Å². The van der Waals surface area contributed by atoms with Crippen LogP contribution in [0.1, 0.15) is 26.7 Å². The second-order valence-corrected chi connectivity index (χ2v) is 3.94. The lowest BCUT2D eigenvalue weighted by Gasteiger charge is -2.15. The van der Waals surface area contributed by atoms with Gasteiger partial charge in [-0.05, 0) is 17.3 Å². The first-order chi connectivity index (χ1) is 6.56. The maximum atomic E-state index is 10.7. The Bertz CT molecular complexity index is 193. The maximum Gasteiger partial charge on any atom is 0.303 e. The van der Waals surface area contributed by atoms with Gasteiger partial charge in [0.15, 0.2) is 0 Å². The third-order valence-electron chi connectivity index (χ3n) is 1.46. The number of ether oxygens (including phenoxy) is 2. The van der Waals surface area contributed by atoms with E-state index in [1.54, 1.807) is 0 Å². The molecule has 0 heterocycles. The zero-order valence-electron chi connectivity index (χ0n) is 8.42. The average molecular weight is 314 g/mol. The van der Waals surface area contributed by atoms with Crippen molar-refractivity contribution >= 4 is 34.5 Å². The summed E-state index contributed by atoms with van der Waals surface area (Å²) in [5, 5.41) is 0. The van der Waals surface area contributed by atoms with Crippen LogP contribution in [0.3, 0.4) is 0 Å². The quantitative estimate of drug-likeness (QED) is 0.425. The zero-order chi connectivity index (χ0) is 11.0. The SMILES string of the molecule is CC(=O)OCC(CCCI)OC(C)=O. The monoisotopic (exact) mass is 314 g/mol. The number of alkyl halides is 1. The molecule has 0 saturated carbocycles. The van der Waals surface area contributed by atoms with Crippen molar-refractivity contribution < 1.29 is 19.1 Å². The normalized spacial score (nSPS) is 11.9. The van der Waals surface area contributed by atoms with Crippen molar-refractivity contribution in [2.75, 3.05) is 11.0 Å². The van der Waals surface area contributed by atoms with Crippen molar-refractivity contribution in [3.63, 3.8) is 0 Å². The molecule has 0 saturated heterocycles. The van der Waals surface area contributed by atoms with Gasteiger partial charge in [-0.3, -0.25) is 9.59 Å². The predicted molar refractivity (Wildman–Crippen MR) is 60.3 cm³/mol. The van der Waals surface area contributed by atoms with Crippen molar-refractivity contribution in [2.45, 2.75) is 32.8 Å². The highest BCUT2D eigenvalue weighted by Gasteiger charge is 2.12. The molecule has 0 rings (SSSR count). The van der Waals surface area contributed by atoms with Gasteiger partial charge in [0.2, 0.25) is 0 Å². The molecule has 5 heteroatoms. The second-order valence-electron chi connectivity index (χ2n) is 2.87. The summed E-state index contributed by atoms with van der Waals surface area (Å²) in [7, 11) is 0. The van der Waals surface area contributed by atoms with Crippen molar-refractivity contribution in [1.29, 1.82) is 0 Å². The zero-order valence-corrected chi connectivity index (χ0v) is 10.6. The van der Waals surface area contributed by atoms with Gasteiger partial charge in [-0.1, -0.05) is 22.6 Å². The lowest BCUT2D eigenvalue weighted by atomic mass is 10.2. The van der Waals surface area contributed by atoms with E-state index in [2.05, 4.69) is 22.6 Å². The fraction of sp³-hybridized carbons (Fsp3) is 0.778. The van der Waals surface area contributed by atoms with Crippen LogP contribution in [0.4, 0.5) is 0 Å². The van der Waals surface area contributed by atoms with E-state index in [1.807, 2.05) is 0 Å². The van der Waals surface area contributed by atoms with Gasteiger partial charge in [0.25, 0.3) is 0 Å². The molecule has 4 nitrogen and oxygen atoms in total. The average Bonchev–Trinajstić information content (AvgIpc) is 2.09. The van der Waals surface area contributed by atoms with Gasteiger partial charge in [-0.15, -0.1) is 0 Å². The minimum Gasteiger partial charge on any atom is -0.462 e. The van der Waals surface area contributed by atoms with Gasteiger partial charge in [0.05, 0.1) is 0 Å². The summed E-state index contributed by atoms with van der Waals surface area (Å²) in [6, 6.07) is 0. The molecule has 0 fully saturated rings. The molecular formula is C9H15IO4. The number of rotatable bonds is 6. The van der Waals surface area contributed by atoms with Gasteiger partial charge in [-0.2, -0.15) is 0 Å².